The topological polar surface area (TPSA) is 154 Å². The summed E-state index contributed by atoms with van der Waals surface area (Å²) in [4.78, 5) is 70.9. The largest absolute Gasteiger partial charge is 0.464 e. The molecule has 186 valence electrons. The van der Waals surface area contributed by atoms with E-state index in [1.54, 1.807) is 45.2 Å². The molecule has 1 rings (SSSR count). The molecule has 0 heterocycles. The molecule has 15 heteroatoms. The molecule has 0 saturated heterocycles. The number of benzene rings is 1. The fourth-order valence-electron chi connectivity index (χ4n) is 2.31. The summed E-state index contributed by atoms with van der Waals surface area (Å²) in [6.07, 6.45) is 0. The summed E-state index contributed by atoms with van der Waals surface area (Å²) in [5.74, 6) is -3.27. The number of carbonyl (C=O) groups is 6. The minimum absolute atomic E-state index is 0.00375. The highest BCUT2D eigenvalue weighted by atomic mass is 127. The van der Waals surface area contributed by atoms with E-state index in [2.05, 4.69) is 15.4 Å². The minimum atomic E-state index is -0.900. The van der Waals surface area contributed by atoms with Crippen LogP contribution in [0.3, 0.4) is 0 Å². The van der Waals surface area contributed by atoms with Crippen LogP contribution in [0, 0.1) is 10.7 Å². The maximum Gasteiger partial charge on any atom is 0.303 e. The van der Waals surface area contributed by atoms with Crippen LogP contribution in [0.25, 0.3) is 0 Å². The quantitative estimate of drug-likeness (QED) is 0.157. The van der Waals surface area contributed by atoms with Crippen molar-refractivity contribution in [3.63, 3.8) is 0 Å². The number of carbonyl (C=O) groups excluding carboxylic acids is 6. The van der Waals surface area contributed by atoms with Gasteiger partial charge in [0.1, 0.15) is 13.2 Å². The van der Waals surface area contributed by atoms with E-state index in [4.69, 9.17) is 21.1 Å². The van der Waals surface area contributed by atoms with Crippen LogP contribution < -0.4 is 10.6 Å². The Morgan fingerprint density at radius 3 is 1.71 bits per heavy atom. The second-order valence-electron chi connectivity index (χ2n) is 6.44. The fraction of sp³-hybridized carbons (Fsp3) is 0.368. The summed E-state index contributed by atoms with van der Waals surface area (Å²) < 4.78 is 15.2. The zero-order valence-corrected chi connectivity index (χ0v) is 25.1. The van der Waals surface area contributed by atoms with E-state index < -0.39 is 47.6 Å². The standard InChI is InChI=1S/C19H18ClI3N2O9/c1-7(26)32-4-10(5-33-8(2)27)24-19(31)13-14(21)12(18(20)30)15(22)17(16(13)23)25-11(29)6-34-9(3)28/h10H,4-6H2,1-3H3,(H,24,31)(H,25,29). The zero-order valence-electron chi connectivity index (χ0n) is 17.9. The van der Waals surface area contributed by atoms with Crippen LogP contribution >= 0.6 is 79.4 Å². The van der Waals surface area contributed by atoms with Gasteiger partial charge in [0.05, 0.1) is 30.0 Å². The van der Waals surface area contributed by atoms with Gasteiger partial charge in [0.25, 0.3) is 17.1 Å². The summed E-state index contributed by atoms with van der Waals surface area (Å²) >= 11 is 11.2. The first-order chi connectivity index (χ1) is 15.8. The van der Waals surface area contributed by atoms with Crippen molar-refractivity contribution in [1.82, 2.24) is 5.32 Å². The molecule has 0 fully saturated rings. The van der Waals surface area contributed by atoms with Gasteiger partial charge in [-0.25, -0.2) is 0 Å². The Kier molecular flexibility index (Phi) is 13.0. The van der Waals surface area contributed by atoms with Crippen LogP contribution in [0.15, 0.2) is 0 Å². The molecule has 2 N–H and O–H groups in total. The minimum Gasteiger partial charge on any atom is -0.464 e. The molecule has 34 heavy (non-hydrogen) atoms. The molecule has 0 aliphatic heterocycles. The van der Waals surface area contributed by atoms with E-state index >= 15 is 0 Å². The summed E-state index contributed by atoms with van der Waals surface area (Å²) in [5, 5.41) is 4.24. The number of halogens is 4. The molecule has 0 spiro atoms. The van der Waals surface area contributed by atoms with E-state index in [-0.39, 0.29) is 40.7 Å². The predicted molar refractivity (Wildman–Crippen MR) is 145 cm³/mol. The molecule has 0 radical (unpaired) electrons. The lowest BCUT2D eigenvalue weighted by atomic mass is 10.1. The van der Waals surface area contributed by atoms with Gasteiger partial charge in [0, 0.05) is 24.3 Å². The van der Waals surface area contributed by atoms with Gasteiger partial charge in [-0.05, 0) is 79.4 Å². The third-order valence-corrected chi connectivity index (χ3v) is 7.15. The molecular formula is C19H18ClI3N2O9. The van der Waals surface area contributed by atoms with Crippen LogP contribution in [0.4, 0.5) is 5.69 Å². The third-order valence-electron chi connectivity index (χ3n) is 3.72. The number of esters is 3. The smallest absolute Gasteiger partial charge is 0.303 e. The molecule has 2 amide bonds. The van der Waals surface area contributed by atoms with Gasteiger partial charge in [0.2, 0.25) is 0 Å². The maximum absolute atomic E-state index is 13.2. The molecule has 0 atom stereocenters. The Labute approximate surface area is 240 Å². The van der Waals surface area contributed by atoms with Crippen molar-refractivity contribution in [3.8, 4) is 0 Å². The fourth-order valence-corrected chi connectivity index (χ4v) is 7.24. The van der Waals surface area contributed by atoms with Gasteiger partial charge < -0.3 is 24.8 Å². The van der Waals surface area contributed by atoms with Crippen molar-refractivity contribution < 1.29 is 43.0 Å². The molecule has 0 bridgehead atoms. The molecule has 11 nitrogen and oxygen atoms in total. The number of hydrogen-bond donors (Lipinski definition) is 2. The average molecular weight is 835 g/mol. The Morgan fingerprint density at radius 2 is 1.26 bits per heavy atom. The van der Waals surface area contributed by atoms with E-state index in [1.807, 2.05) is 22.6 Å². The second-order valence-corrected chi connectivity index (χ2v) is 10.0. The summed E-state index contributed by atoms with van der Waals surface area (Å²) in [6.45, 7) is 2.36. The molecule has 0 aromatic heterocycles. The van der Waals surface area contributed by atoms with Crippen molar-refractivity contribution >= 4 is 120 Å². The van der Waals surface area contributed by atoms with Gasteiger partial charge in [0.15, 0.2) is 6.61 Å². The van der Waals surface area contributed by atoms with Crippen molar-refractivity contribution in [1.29, 1.82) is 0 Å². The van der Waals surface area contributed by atoms with Crippen molar-refractivity contribution in [2.75, 3.05) is 25.1 Å². The van der Waals surface area contributed by atoms with Crippen LogP contribution in [-0.2, 0) is 33.4 Å². The highest BCUT2D eigenvalue weighted by molar-refractivity contribution is 14.1. The van der Waals surface area contributed by atoms with Crippen molar-refractivity contribution in [2.45, 2.75) is 26.8 Å². The van der Waals surface area contributed by atoms with Crippen LogP contribution in [-0.4, -0.2) is 60.8 Å². The molecular weight excluding hydrogens is 816 g/mol. The molecule has 0 aliphatic carbocycles. The Morgan fingerprint density at radius 1 is 0.794 bits per heavy atom. The van der Waals surface area contributed by atoms with Gasteiger partial charge >= 0.3 is 17.9 Å². The SMILES string of the molecule is CC(=O)OCC(=O)Nc1c(I)c(C(=O)Cl)c(I)c(C(=O)NC(COC(C)=O)COC(C)=O)c1I. The molecule has 0 aliphatic rings. The summed E-state index contributed by atoms with van der Waals surface area (Å²) in [6, 6.07) is -0.900. The first-order valence-corrected chi connectivity index (χ1v) is 12.8. The van der Waals surface area contributed by atoms with Crippen LogP contribution in [0.2, 0.25) is 0 Å². The van der Waals surface area contributed by atoms with Crippen LogP contribution in [0.1, 0.15) is 41.5 Å². The summed E-state index contributed by atoms with van der Waals surface area (Å²) in [5.41, 5.74) is 0.0984. The lowest BCUT2D eigenvalue weighted by Gasteiger charge is -2.21. The van der Waals surface area contributed by atoms with Crippen molar-refractivity contribution in [3.05, 3.63) is 21.8 Å². The lowest BCUT2D eigenvalue weighted by Crippen LogP contribution is -2.43. The Bertz CT molecular complexity index is 1020. The predicted octanol–water partition coefficient (Wildman–Crippen LogP) is 2.61. The van der Waals surface area contributed by atoms with Crippen molar-refractivity contribution in [2.24, 2.45) is 0 Å². The van der Waals surface area contributed by atoms with Gasteiger partial charge in [-0.2, -0.15) is 0 Å². The highest BCUT2D eigenvalue weighted by Crippen LogP contribution is 2.36. The first kappa shape index (κ1) is 30.8. The van der Waals surface area contributed by atoms with E-state index in [0.717, 1.165) is 6.92 Å². The molecule has 0 saturated carbocycles. The normalized spacial score (nSPS) is 10.4. The summed E-state index contributed by atoms with van der Waals surface area (Å²) in [7, 11) is 0. The van der Waals surface area contributed by atoms with Gasteiger partial charge in [-0.3, -0.25) is 28.8 Å². The average Bonchev–Trinajstić information content (AvgIpc) is 2.71. The van der Waals surface area contributed by atoms with Gasteiger partial charge in [-0.15, -0.1) is 0 Å². The molecule has 1 aromatic rings. The molecule has 1 aromatic carbocycles. The highest BCUT2D eigenvalue weighted by Gasteiger charge is 2.29. The van der Waals surface area contributed by atoms with E-state index in [9.17, 15) is 28.8 Å². The van der Waals surface area contributed by atoms with Gasteiger partial charge in [-0.1, -0.05) is 0 Å². The zero-order chi connectivity index (χ0) is 26.2. The second kappa shape index (κ2) is 14.3. The van der Waals surface area contributed by atoms with E-state index in [0.29, 0.717) is 0 Å². The Balaban J connectivity index is 3.41. The number of ether oxygens (including phenoxy) is 3. The number of rotatable bonds is 10. The number of amides is 2. The monoisotopic (exact) mass is 834 g/mol. The first-order valence-electron chi connectivity index (χ1n) is 9.17. The third kappa shape index (κ3) is 9.40. The number of nitrogens with one attached hydrogen (secondary N) is 2. The van der Waals surface area contributed by atoms with E-state index in [1.165, 1.54) is 13.8 Å². The number of hydrogen-bond acceptors (Lipinski definition) is 9. The Hall–Kier alpha value is -1.28. The molecule has 0 unspecified atom stereocenters. The number of anilines is 1. The van der Waals surface area contributed by atoms with Crippen LogP contribution in [0.5, 0.6) is 0 Å². The maximum atomic E-state index is 13.2. The lowest BCUT2D eigenvalue weighted by molar-refractivity contribution is -0.145.